The fourth-order valence-corrected chi connectivity index (χ4v) is 2.60. The molecule has 5 heteroatoms. The molecule has 0 aliphatic carbocycles. The third-order valence-corrected chi connectivity index (χ3v) is 3.30. The molecule has 2 aromatic heterocycles. The van der Waals surface area contributed by atoms with Gasteiger partial charge in [-0.2, -0.15) is 11.3 Å². The molecule has 0 saturated carbocycles. The molecule has 0 saturated heterocycles. The van der Waals surface area contributed by atoms with Gasteiger partial charge >= 0.3 is 0 Å². The second-order valence-electron chi connectivity index (χ2n) is 4.28. The first-order valence-corrected chi connectivity index (χ1v) is 6.91. The van der Waals surface area contributed by atoms with E-state index in [9.17, 15) is 0 Å². The topological polar surface area (TPSA) is 37.7 Å². The smallest absolute Gasteiger partial charge is 0.151 e. The van der Waals surface area contributed by atoms with Crippen LogP contribution in [-0.2, 0) is 4.84 Å². The predicted octanol–water partition coefficient (Wildman–Crippen LogP) is 3.88. The highest BCUT2D eigenvalue weighted by molar-refractivity contribution is 7.08. The second-order valence-corrected chi connectivity index (χ2v) is 5.06. The number of aromatic nitrogens is 1. The average Bonchev–Trinajstić information content (AvgIpc) is 2.82. The summed E-state index contributed by atoms with van der Waals surface area (Å²) in [4.78, 5) is 11.5. The Morgan fingerprint density at radius 2 is 2.16 bits per heavy atom. The molecule has 100 valence electrons. The van der Waals surface area contributed by atoms with Gasteiger partial charge in [0.25, 0.3) is 0 Å². The minimum atomic E-state index is 0.749. The van der Waals surface area contributed by atoms with E-state index >= 15 is 0 Å². The first kappa shape index (κ1) is 13.5. The number of hydrogen-bond acceptors (Lipinski definition) is 4. The van der Waals surface area contributed by atoms with Crippen LogP contribution in [-0.4, -0.2) is 17.9 Å². The molecular weight excluding hydrogens is 258 g/mol. The number of aryl methyl sites for hydroxylation is 2. The van der Waals surface area contributed by atoms with Crippen molar-refractivity contribution in [2.75, 3.05) is 12.0 Å². The summed E-state index contributed by atoms with van der Waals surface area (Å²) >= 11 is 1.64. The Morgan fingerprint density at radius 1 is 1.37 bits per heavy atom. The molecule has 0 N–H and O–H groups in total. The van der Waals surface area contributed by atoms with E-state index in [0.29, 0.717) is 0 Å². The highest BCUT2D eigenvalue weighted by atomic mass is 32.1. The van der Waals surface area contributed by atoms with Crippen molar-refractivity contribution in [2.24, 2.45) is 5.16 Å². The number of oxime groups is 1. The SMILES string of the molecule is CON=C(C)N(c1ccsc1)c1cc(C)cc(C)n1. The molecule has 0 spiro atoms. The van der Waals surface area contributed by atoms with Crippen LogP contribution in [0.15, 0.2) is 34.1 Å². The molecule has 2 aromatic rings. The van der Waals surface area contributed by atoms with E-state index in [2.05, 4.69) is 28.5 Å². The van der Waals surface area contributed by atoms with E-state index in [1.807, 2.05) is 36.3 Å². The van der Waals surface area contributed by atoms with E-state index in [4.69, 9.17) is 4.84 Å². The number of nitrogens with zero attached hydrogens (tertiary/aromatic N) is 3. The number of pyridine rings is 1. The molecule has 4 nitrogen and oxygen atoms in total. The van der Waals surface area contributed by atoms with Crippen molar-refractivity contribution in [3.8, 4) is 0 Å². The average molecular weight is 275 g/mol. The normalized spacial score (nSPS) is 11.5. The summed E-state index contributed by atoms with van der Waals surface area (Å²) in [5.41, 5.74) is 3.20. The summed E-state index contributed by atoms with van der Waals surface area (Å²) in [5.74, 6) is 1.60. The number of hydrogen-bond donors (Lipinski definition) is 0. The maximum atomic E-state index is 4.89. The number of thiophene rings is 1. The minimum Gasteiger partial charge on any atom is -0.398 e. The van der Waals surface area contributed by atoms with Gasteiger partial charge in [-0.1, -0.05) is 5.16 Å². The molecule has 19 heavy (non-hydrogen) atoms. The van der Waals surface area contributed by atoms with Crippen LogP contribution in [0.2, 0.25) is 0 Å². The van der Waals surface area contributed by atoms with E-state index < -0.39 is 0 Å². The molecule has 2 rings (SSSR count). The van der Waals surface area contributed by atoms with Crippen LogP contribution in [0.4, 0.5) is 11.5 Å². The molecule has 0 radical (unpaired) electrons. The highest BCUT2D eigenvalue weighted by Gasteiger charge is 2.15. The van der Waals surface area contributed by atoms with Gasteiger partial charge in [-0.05, 0) is 49.9 Å². The van der Waals surface area contributed by atoms with Gasteiger partial charge in [-0.3, -0.25) is 4.90 Å². The molecule has 0 aromatic carbocycles. The van der Waals surface area contributed by atoms with Gasteiger partial charge in [0.05, 0.1) is 5.69 Å². The lowest BCUT2D eigenvalue weighted by Crippen LogP contribution is -2.24. The van der Waals surface area contributed by atoms with Gasteiger partial charge in [0, 0.05) is 11.1 Å². The zero-order valence-corrected chi connectivity index (χ0v) is 12.4. The second kappa shape index (κ2) is 5.84. The molecule has 0 aliphatic rings. The Labute approximate surface area is 117 Å². The van der Waals surface area contributed by atoms with Gasteiger partial charge in [-0.15, -0.1) is 0 Å². The maximum absolute atomic E-state index is 4.89. The maximum Gasteiger partial charge on any atom is 0.151 e. The molecule has 0 unspecified atom stereocenters. The van der Waals surface area contributed by atoms with Crippen LogP contribution in [0, 0.1) is 13.8 Å². The fourth-order valence-electron chi connectivity index (χ4n) is 1.98. The lowest BCUT2D eigenvalue weighted by Gasteiger charge is -2.22. The zero-order chi connectivity index (χ0) is 13.8. The van der Waals surface area contributed by atoms with Crippen LogP contribution in [0.25, 0.3) is 0 Å². The molecule has 2 heterocycles. The van der Waals surface area contributed by atoms with Crippen molar-refractivity contribution in [1.29, 1.82) is 0 Å². The quantitative estimate of drug-likeness (QED) is 0.484. The molecule has 0 fully saturated rings. The predicted molar refractivity (Wildman–Crippen MR) is 80.3 cm³/mol. The summed E-state index contributed by atoms with van der Waals surface area (Å²) in [5, 5.41) is 8.12. The summed E-state index contributed by atoms with van der Waals surface area (Å²) in [7, 11) is 1.55. The van der Waals surface area contributed by atoms with Gasteiger partial charge < -0.3 is 4.84 Å². The van der Waals surface area contributed by atoms with Crippen LogP contribution < -0.4 is 4.90 Å². The van der Waals surface area contributed by atoms with Crippen molar-refractivity contribution >= 4 is 28.7 Å². The summed E-state index contributed by atoms with van der Waals surface area (Å²) in [6.07, 6.45) is 0. The van der Waals surface area contributed by atoms with Crippen LogP contribution in [0.1, 0.15) is 18.2 Å². The Hall–Kier alpha value is -1.88. The minimum absolute atomic E-state index is 0.749. The lowest BCUT2D eigenvalue weighted by molar-refractivity contribution is 0.212. The molecule has 0 atom stereocenters. The number of anilines is 2. The first-order valence-electron chi connectivity index (χ1n) is 5.97. The first-order chi connectivity index (χ1) is 9.11. The fraction of sp³-hybridized carbons (Fsp3) is 0.286. The molecule has 0 aliphatic heterocycles. The Balaban J connectivity index is 2.51. The van der Waals surface area contributed by atoms with E-state index in [1.54, 1.807) is 18.4 Å². The van der Waals surface area contributed by atoms with Gasteiger partial charge in [0.2, 0.25) is 0 Å². The van der Waals surface area contributed by atoms with E-state index in [-0.39, 0.29) is 0 Å². The van der Waals surface area contributed by atoms with Crippen LogP contribution in [0.3, 0.4) is 0 Å². The summed E-state index contributed by atoms with van der Waals surface area (Å²) in [6, 6.07) is 6.14. The summed E-state index contributed by atoms with van der Waals surface area (Å²) in [6.45, 7) is 5.96. The highest BCUT2D eigenvalue weighted by Crippen LogP contribution is 2.27. The van der Waals surface area contributed by atoms with Gasteiger partial charge in [-0.25, -0.2) is 4.98 Å². The van der Waals surface area contributed by atoms with Crippen molar-refractivity contribution in [2.45, 2.75) is 20.8 Å². The third kappa shape index (κ3) is 3.12. The standard InChI is InChI=1S/C14H17N3OS/c1-10-7-11(2)15-14(8-10)17(12(3)16-18-4)13-5-6-19-9-13/h5-9H,1-4H3. The van der Waals surface area contributed by atoms with Crippen molar-refractivity contribution in [3.63, 3.8) is 0 Å². The Kier molecular flexibility index (Phi) is 4.16. The van der Waals surface area contributed by atoms with E-state index in [0.717, 1.165) is 23.0 Å². The lowest BCUT2D eigenvalue weighted by atomic mass is 10.2. The Bertz CT molecular complexity index is 558. The van der Waals surface area contributed by atoms with Crippen LogP contribution in [0.5, 0.6) is 0 Å². The van der Waals surface area contributed by atoms with Crippen molar-refractivity contribution in [3.05, 3.63) is 40.2 Å². The summed E-state index contributed by atoms with van der Waals surface area (Å²) < 4.78 is 0. The van der Waals surface area contributed by atoms with Gasteiger partial charge in [0.1, 0.15) is 12.9 Å². The Morgan fingerprint density at radius 3 is 2.74 bits per heavy atom. The number of amidine groups is 1. The van der Waals surface area contributed by atoms with Crippen molar-refractivity contribution in [1.82, 2.24) is 4.98 Å². The largest absolute Gasteiger partial charge is 0.398 e. The monoisotopic (exact) mass is 275 g/mol. The van der Waals surface area contributed by atoms with Crippen molar-refractivity contribution < 1.29 is 4.84 Å². The zero-order valence-electron chi connectivity index (χ0n) is 11.5. The van der Waals surface area contributed by atoms with Gasteiger partial charge in [0.15, 0.2) is 5.84 Å². The van der Waals surface area contributed by atoms with E-state index in [1.165, 1.54) is 5.56 Å². The molecule has 0 bridgehead atoms. The van der Waals surface area contributed by atoms with Crippen LogP contribution >= 0.6 is 11.3 Å². The molecular formula is C14H17N3OS. The third-order valence-electron chi connectivity index (χ3n) is 2.62. The molecule has 0 amide bonds. The number of rotatable bonds is 3.